The Bertz CT molecular complexity index is 1080. The number of anilines is 1. The van der Waals surface area contributed by atoms with Crippen molar-refractivity contribution in [3.05, 3.63) is 54.9 Å². The standard InChI is InChI=1S/C20H22N4O3S/c1-28(26,27)24-11-8-15(9-12-24)20(25)21-17-6-4-5-16(13-17)18-14-23-10-3-2-7-19(23)22-18/h2-7,10,13-15H,8-9,11-12H2,1H3,(H,21,25). The summed E-state index contributed by atoms with van der Waals surface area (Å²) in [5.41, 5.74) is 3.34. The van der Waals surface area contributed by atoms with Crippen molar-refractivity contribution in [2.45, 2.75) is 12.8 Å². The Labute approximate surface area is 164 Å². The number of sulfonamides is 1. The molecule has 0 aliphatic carbocycles. The molecule has 8 heteroatoms. The van der Waals surface area contributed by atoms with E-state index < -0.39 is 10.0 Å². The number of carbonyl (C=O) groups is 1. The number of imidazole rings is 1. The molecule has 0 spiro atoms. The van der Waals surface area contributed by atoms with Crippen LogP contribution in [-0.4, -0.2) is 47.4 Å². The minimum Gasteiger partial charge on any atom is -0.326 e. The summed E-state index contributed by atoms with van der Waals surface area (Å²) >= 11 is 0. The number of rotatable bonds is 4. The first-order chi connectivity index (χ1) is 13.4. The molecule has 2 aromatic heterocycles. The number of hydrogen-bond donors (Lipinski definition) is 1. The average Bonchev–Trinajstić information content (AvgIpc) is 3.12. The zero-order chi connectivity index (χ0) is 19.7. The fourth-order valence-electron chi connectivity index (χ4n) is 3.52. The Morgan fingerprint density at radius 3 is 2.64 bits per heavy atom. The van der Waals surface area contributed by atoms with Gasteiger partial charge in [-0.05, 0) is 37.1 Å². The third-order valence-corrected chi connectivity index (χ3v) is 6.39. The van der Waals surface area contributed by atoms with Crippen molar-refractivity contribution >= 4 is 27.3 Å². The van der Waals surface area contributed by atoms with Gasteiger partial charge in [0.05, 0.1) is 11.9 Å². The van der Waals surface area contributed by atoms with Crippen LogP contribution in [0.1, 0.15) is 12.8 Å². The maximum atomic E-state index is 12.6. The van der Waals surface area contributed by atoms with E-state index in [4.69, 9.17) is 0 Å². The Morgan fingerprint density at radius 2 is 1.93 bits per heavy atom. The molecular formula is C20H22N4O3S. The summed E-state index contributed by atoms with van der Waals surface area (Å²) in [7, 11) is -3.19. The average molecular weight is 398 g/mol. The zero-order valence-electron chi connectivity index (χ0n) is 15.6. The quantitative estimate of drug-likeness (QED) is 0.732. The molecule has 0 atom stereocenters. The Morgan fingerprint density at radius 1 is 1.14 bits per heavy atom. The summed E-state index contributed by atoms with van der Waals surface area (Å²) in [5, 5.41) is 2.97. The van der Waals surface area contributed by atoms with E-state index in [9.17, 15) is 13.2 Å². The number of benzene rings is 1. The smallest absolute Gasteiger partial charge is 0.227 e. The molecule has 0 saturated carbocycles. The van der Waals surface area contributed by atoms with Crippen molar-refractivity contribution in [2.75, 3.05) is 24.7 Å². The third-order valence-electron chi connectivity index (χ3n) is 5.08. The van der Waals surface area contributed by atoms with E-state index in [2.05, 4.69) is 10.3 Å². The molecule has 0 radical (unpaired) electrons. The summed E-state index contributed by atoms with van der Waals surface area (Å²) in [6.07, 6.45) is 6.17. The first-order valence-corrected chi connectivity index (χ1v) is 11.1. The second-order valence-corrected chi connectivity index (χ2v) is 9.08. The number of nitrogens with zero attached hydrogens (tertiary/aromatic N) is 3. The van der Waals surface area contributed by atoms with Gasteiger partial charge >= 0.3 is 0 Å². The van der Waals surface area contributed by atoms with E-state index in [1.54, 1.807) is 0 Å². The van der Waals surface area contributed by atoms with Crippen molar-refractivity contribution in [3.8, 4) is 11.3 Å². The van der Waals surface area contributed by atoms with E-state index in [1.165, 1.54) is 10.6 Å². The maximum Gasteiger partial charge on any atom is 0.227 e. The van der Waals surface area contributed by atoms with Crippen LogP contribution in [0, 0.1) is 5.92 Å². The predicted molar refractivity (Wildman–Crippen MR) is 108 cm³/mol. The second kappa shape index (κ2) is 7.37. The van der Waals surface area contributed by atoms with Crippen molar-refractivity contribution in [3.63, 3.8) is 0 Å². The molecule has 0 unspecified atom stereocenters. The number of pyridine rings is 1. The monoisotopic (exact) mass is 398 g/mol. The highest BCUT2D eigenvalue weighted by Gasteiger charge is 2.28. The molecule has 1 aromatic carbocycles. The van der Waals surface area contributed by atoms with E-state index in [-0.39, 0.29) is 11.8 Å². The van der Waals surface area contributed by atoms with Crippen LogP contribution >= 0.6 is 0 Å². The Balaban J connectivity index is 1.46. The summed E-state index contributed by atoms with van der Waals surface area (Å²) in [6, 6.07) is 13.4. The Kier molecular flexibility index (Phi) is 4.91. The molecule has 7 nitrogen and oxygen atoms in total. The first kappa shape index (κ1) is 18.6. The summed E-state index contributed by atoms with van der Waals surface area (Å²) in [4.78, 5) is 17.2. The van der Waals surface area contributed by atoms with Crippen molar-refractivity contribution in [2.24, 2.45) is 5.92 Å². The van der Waals surface area contributed by atoms with Crippen LogP contribution in [0.3, 0.4) is 0 Å². The minimum absolute atomic E-state index is 0.0692. The summed E-state index contributed by atoms with van der Waals surface area (Å²) in [6.45, 7) is 0.774. The van der Waals surface area contributed by atoms with Gasteiger partial charge in [0, 0.05) is 42.7 Å². The van der Waals surface area contributed by atoms with Crippen molar-refractivity contribution in [1.82, 2.24) is 13.7 Å². The van der Waals surface area contributed by atoms with Gasteiger partial charge in [-0.15, -0.1) is 0 Å². The lowest BCUT2D eigenvalue weighted by Crippen LogP contribution is -2.40. The fourth-order valence-corrected chi connectivity index (χ4v) is 4.40. The number of piperidine rings is 1. The molecule has 3 aromatic rings. The highest BCUT2D eigenvalue weighted by Crippen LogP contribution is 2.25. The van der Waals surface area contributed by atoms with Crippen LogP contribution in [-0.2, 0) is 14.8 Å². The number of fused-ring (bicyclic) bond motifs is 1. The van der Waals surface area contributed by atoms with Gasteiger partial charge < -0.3 is 9.72 Å². The van der Waals surface area contributed by atoms with Crippen LogP contribution in [0.2, 0.25) is 0 Å². The topological polar surface area (TPSA) is 83.8 Å². The number of aromatic nitrogens is 2. The van der Waals surface area contributed by atoms with Crippen molar-refractivity contribution in [1.29, 1.82) is 0 Å². The van der Waals surface area contributed by atoms with Gasteiger partial charge in [-0.25, -0.2) is 17.7 Å². The van der Waals surface area contributed by atoms with E-state index in [0.717, 1.165) is 16.9 Å². The summed E-state index contributed by atoms with van der Waals surface area (Å²) in [5.74, 6) is -0.253. The molecule has 1 fully saturated rings. The molecule has 28 heavy (non-hydrogen) atoms. The fraction of sp³-hybridized carbons (Fsp3) is 0.300. The second-order valence-electron chi connectivity index (χ2n) is 7.10. The lowest BCUT2D eigenvalue weighted by atomic mass is 9.97. The zero-order valence-corrected chi connectivity index (χ0v) is 16.4. The molecular weight excluding hydrogens is 376 g/mol. The molecule has 1 aliphatic heterocycles. The number of hydrogen-bond acceptors (Lipinski definition) is 4. The van der Waals surface area contributed by atoms with Crippen LogP contribution in [0.5, 0.6) is 0 Å². The largest absolute Gasteiger partial charge is 0.326 e. The van der Waals surface area contributed by atoms with Gasteiger partial charge in [-0.2, -0.15) is 0 Å². The number of carbonyl (C=O) groups excluding carboxylic acids is 1. The highest BCUT2D eigenvalue weighted by molar-refractivity contribution is 7.88. The SMILES string of the molecule is CS(=O)(=O)N1CCC(C(=O)Nc2cccc(-c3cn4ccccc4n3)c2)CC1. The highest BCUT2D eigenvalue weighted by atomic mass is 32.2. The van der Waals surface area contributed by atoms with Gasteiger partial charge in [0.25, 0.3) is 0 Å². The van der Waals surface area contributed by atoms with Gasteiger partial charge in [-0.1, -0.05) is 18.2 Å². The summed E-state index contributed by atoms with van der Waals surface area (Å²) < 4.78 is 26.6. The molecule has 3 heterocycles. The minimum atomic E-state index is -3.19. The molecule has 1 N–H and O–H groups in total. The molecule has 146 valence electrons. The lowest BCUT2D eigenvalue weighted by molar-refractivity contribution is -0.120. The van der Waals surface area contributed by atoms with Crippen LogP contribution in [0.4, 0.5) is 5.69 Å². The number of amides is 1. The molecule has 4 rings (SSSR count). The number of nitrogens with one attached hydrogen (secondary N) is 1. The normalized spacial score (nSPS) is 16.3. The van der Waals surface area contributed by atoms with Crippen molar-refractivity contribution < 1.29 is 13.2 Å². The van der Waals surface area contributed by atoms with Crippen LogP contribution in [0.25, 0.3) is 16.9 Å². The van der Waals surface area contributed by atoms with Gasteiger partial charge in [0.15, 0.2) is 0 Å². The third kappa shape index (κ3) is 3.93. The van der Waals surface area contributed by atoms with Crippen LogP contribution in [0.15, 0.2) is 54.9 Å². The molecule has 1 saturated heterocycles. The Hall–Kier alpha value is -2.71. The van der Waals surface area contributed by atoms with Gasteiger partial charge in [0.2, 0.25) is 15.9 Å². The van der Waals surface area contributed by atoms with Gasteiger partial charge in [-0.3, -0.25) is 4.79 Å². The molecule has 0 bridgehead atoms. The molecule has 1 aliphatic rings. The maximum absolute atomic E-state index is 12.6. The van der Waals surface area contributed by atoms with E-state index in [0.29, 0.717) is 31.6 Å². The van der Waals surface area contributed by atoms with Crippen LogP contribution < -0.4 is 5.32 Å². The van der Waals surface area contributed by atoms with E-state index in [1.807, 2.05) is 59.3 Å². The molecule has 1 amide bonds. The van der Waals surface area contributed by atoms with E-state index >= 15 is 0 Å². The lowest BCUT2D eigenvalue weighted by Gasteiger charge is -2.29. The first-order valence-electron chi connectivity index (χ1n) is 9.20. The predicted octanol–water partition coefficient (Wildman–Crippen LogP) is 2.61. The van der Waals surface area contributed by atoms with Gasteiger partial charge in [0.1, 0.15) is 5.65 Å².